The monoisotopic (exact) mass is 295 g/mol. The molecule has 0 saturated carbocycles. The quantitative estimate of drug-likeness (QED) is 0.931. The molecule has 1 heterocycles. The predicted molar refractivity (Wildman–Crippen MR) is 80.5 cm³/mol. The van der Waals surface area contributed by atoms with Gasteiger partial charge in [-0.15, -0.1) is 0 Å². The van der Waals surface area contributed by atoms with Gasteiger partial charge in [0.1, 0.15) is 9.84 Å². The first-order chi connectivity index (χ1) is 9.37. The summed E-state index contributed by atoms with van der Waals surface area (Å²) in [5, 5.41) is 2.96. The van der Waals surface area contributed by atoms with E-state index >= 15 is 0 Å². The average Bonchev–Trinajstić information content (AvgIpc) is 2.37. The van der Waals surface area contributed by atoms with E-state index in [0.717, 1.165) is 16.8 Å². The highest BCUT2D eigenvalue weighted by Crippen LogP contribution is 2.24. The number of hydrogen-bond acceptors (Lipinski definition) is 3. The second kappa shape index (κ2) is 5.95. The van der Waals surface area contributed by atoms with Gasteiger partial charge in [0, 0.05) is 12.1 Å². The Morgan fingerprint density at radius 2 is 1.75 bits per heavy atom. The highest BCUT2D eigenvalue weighted by atomic mass is 32.2. The van der Waals surface area contributed by atoms with Gasteiger partial charge in [0.2, 0.25) is 5.91 Å². The molecular formula is C15H21NO3S. The second-order valence-electron chi connectivity index (χ2n) is 5.61. The molecule has 1 amide bonds. The minimum absolute atomic E-state index is 0.0216. The molecule has 1 saturated heterocycles. The third-order valence-corrected chi connectivity index (χ3v) is 5.61. The smallest absolute Gasteiger partial charge is 0.224 e. The zero-order valence-electron chi connectivity index (χ0n) is 12.0. The second-order valence-corrected chi connectivity index (χ2v) is 7.92. The maximum absolute atomic E-state index is 12.1. The standard InChI is InChI=1S/C15H21NO3S/c1-11-4-3-5-12(2)15(11)16-14(17)10-13-6-8-20(18,19)9-7-13/h3-5,13H,6-10H2,1-2H3,(H,16,17). The van der Waals surface area contributed by atoms with E-state index in [-0.39, 0.29) is 23.3 Å². The summed E-state index contributed by atoms with van der Waals surface area (Å²) in [5.41, 5.74) is 2.97. The van der Waals surface area contributed by atoms with Crippen molar-refractivity contribution in [2.75, 3.05) is 16.8 Å². The van der Waals surface area contributed by atoms with E-state index < -0.39 is 9.84 Å². The normalized spacial score (nSPS) is 18.7. The Labute approximate surface area is 120 Å². The maximum Gasteiger partial charge on any atom is 0.224 e. The van der Waals surface area contributed by atoms with Gasteiger partial charge in [-0.1, -0.05) is 18.2 Å². The zero-order chi connectivity index (χ0) is 14.8. The van der Waals surface area contributed by atoms with Crippen LogP contribution in [0, 0.1) is 19.8 Å². The molecule has 5 heteroatoms. The highest BCUT2D eigenvalue weighted by Gasteiger charge is 2.25. The number of carbonyl (C=O) groups excluding carboxylic acids is 1. The van der Waals surface area contributed by atoms with Crippen molar-refractivity contribution >= 4 is 21.4 Å². The molecule has 20 heavy (non-hydrogen) atoms. The van der Waals surface area contributed by atoms with Crippen LogP contribution in [0.25, 0.3) is 0 Å². The fourth-order valence-electron chi connectivity index (χ4n) is 2.61. The maximum atomic E-state index is 12.1. The van der Waals surface area contributed by atoms with Crippen LogP contribution in [0.3, 0.4) is 0 Å². The third kappa shape index (κ3) is 3.82. The molecule has 1 aromatic carbocycles. The number of amides is 1. The fraction of sp³-hybridized carbons (Fsp3) is 0.533. The lowest BCUT2D eigenvalue weighted by Gasteiger charge is -2.21. The molecule has 1 N–H and O–H groups in total. The molecule has 0 unspecified atom stereocenters. The molecule has 0 atom stereocenters. The molecule has 110 valence electrons. The molecule has 0 bridgehead atoms. The summed E-state index contributed by atoms with van der Waals surface area (Å²) >= 11 is 0. The molecular weight excluding hydrogens is 274 g/mol. The predicted octanol–water partition coefficient (Wildman–Crippen LogP) is 2.46. The van der Waals surface area contributed by atoms with Crippen molar-refractivity contribution in [3.8, 4) is 0 Å². The lowest BCUT2D eigenvalue weighted by Crippen LogP contribution is -2.26. The van der Waals surface area contributed by atoms with Crippen LogP contribution in [0.2, 0.25) is 0 Å². The Hall–Kier alpha value is -1.36. The van der Waals surface area contributed by atoms with Crippen molar-refractivity contribution in [1.29, 1.82) is 0 Å². The SMILES string of the molecule is Cc1cccc(C)c1NC(=O)CC1CCS(=O)(=O)CC1. The van der Waals surface area contributed by atoms with Gasteiger partial charge in [-0.3, -0.25) is 4.79 Å². The summed E-state index contributed by atoms with van der Waals surface area (Å²) < 4.78 is 22.7. The van der Waals surface area contributed by atoms with Crippen molar-refractivity contribution < 1.29 is 13.2 Å². The van der Waals surface area contributed by atoms with Crippen LogP contribution in [0.5, 0.6) is 0 Å². The molecule has 1 aliphatic rings. The molecule has 4 nitrogen and oxygen atoms in total. The Morgan fingerprint density at radius 1 is 1.20 bits per heavy atom. The molecule has 1 aliphatic heterocycles. The Balaban J connectivity index is 1.93. The van der Waals surface area contributed by atoms with Gasteiger partial charge < -0.3 is 5.32 Å². The summed E-state index contributed by atoms with van der Waals surface area (Å²) in [6.45, 7) is 3.94. The number of hydrogen-bond donors (Lipinski definition) is 1. The van der Waals surface area contributed by atoms with E-state index in [2.05, 4.69) is 5.32 Å². The van der Waals surface area contributed by atoms with E-state index in [0.29, 0.717) is 19.3 Å². The van der Waals surface area contributed by atoms with Crippen LogP contribution in [0.1, 0.15) is 30.4 Å². The van der Waals surface area contributed by atoms with Gasteiger partial charge in [-0.05, 0) is 43.7 Å². The summed E-state index contributed by atoms with van der Waals surface area (Å²) in [6.07, 6.45) is 1.61. The number of aryl methyl sites for hydroxylation is 2. The summed E-state index contributed by atoms with van der Waals surface area (Å²) in [4.78, 5) is 12.1. The molecule has 1 fully saturated rings. The summed E-state index contributed by atoms with van der Waals surface area (Å²) in [5.74, 6) is 0.595. The van der Waals surface area contributed by atoms with Crippen LogP contribution in [-0.4, -0.2) is 25.8 Å². The third-order valence-electron chi connectivity index (χ3n) is 3.89. The number of carbonyl (C=O) groups is 1. The topological polar surface area (TPSA) is 63.2 Å². The van der Waals surface area contributed by atoms with E-state index in [9.17, 15) is 13.2 Å². The van der Waals surface area contributed by atoms with Crippen LogP contribution < -0.4 is 5.32 Å². The Bertz CT molecular complexity index is 573. The van der Waals surface area contributed by atoms with Crippen molar-refractivity contribution in [2.24, 2.45) is 5.92 Å². The Kier molecular flexibility index (Phi) is 4.48. The first-order valence-corrected chi connectivity index (χ1v) is 8.76. The lowest BCUT2D eigenvalue weighted by atomic mass is 9.98. The van der Waals surface area contributed by atoms with Crippen LogP contribution in [0.4, 0.5) is 5.69 Å². The Morgan fingerprint density at radius 3 is 2.30 bits per heavy atom. The average molecular weight is 295 g/mol. The molecule has 0 radical (unpaired) electrons. The van der Waals surface area contributed by atoms with Crippen LogP contribution >= 0.6 is 0 Å². The molecule has 2 rings (SSSR count). The lowest BCUT2D eigenvalue weighted by molar-refractivity contribution is -0.117. The molecule has 0 spiro atoms. The molecule has 0 aromatic heterocycles. The van der Waals surface area contributed by atoms with Crippen molar-refractivity contribution in [2.45, 2.75) is 33.1 Å². The molecule has 0 aliphatic carbocycles. The summed E-state index contributed by atoms with van der Waals surface area (Å²) in [6, 6.07) is 5.90. The van der Waals surface area contributed by atoms with E-state index in [1.165, 1.54) is 0 Å². The number of rotatable bonds is 3. The van der Waals surface area contributed by atoms with Crippen LogP contribution in [0.15, 0.2) is 18.2 Å². The van der Waals surface area contributed by atoms with Crippen molar-refractivity contribution in [1.82, 2.24) is 0 Å². The zero-order valence-corrected chi connectivity index (χ0v) is 12.8. The van der Waals surface area contributed by atoms with Gasteiger partial charge >= 0.3 is 0 Å². The van der Waals surface area contributed by atoms with Gasteiger partial charge in [-0.25, -0.2) is 8.42 Å². The fourth-order valence-corrected chi connectivity index (χ4v) is 4.20. The van der Waals surface area contributed by atoms with Crippen LogP contribution in [-0.2, 0) is 14.6 Å². The van der Waals surface area contributed by atoms with Gasteiger partial charge in [-0.2, -0.15) is 0 Å². The van der Waals surface area contributed by atoms with Gasteiger partial charge in [0.25, 0.3) is 0 Å². The number of nitrogens with one attached hydrogen (secondary N) is 1. The van der Waals surface area contributed by atoms with Gasteiger partial charge in [0.05, 0.1) is 11.5 Å². The van der Waals surface area contributed by atoms with E-state index in [4.69, 9.17) is 0 Å². The number of benzene rings is 1. The minimum atomic E-state index is -2.86. The first-order valence-electron chi connectivity index (χ1n) is 6.94. The number of para-hydroxylation sites is 1. The summed E-state index contributed by atoms with van der Waals surface area (Å²) in [7, 11) is -2.86. The minimum Gasteiger partial charge on any atom is -0.326 e. The molecule has 1 aromatic rings. The largest absolute Gasteiger partial charge is 0.326 e. The van der Waals surface area contributed by atoms with E-state index in [1.54, 1.807) is 0 Å². The number of anilines is 1. The van der Waals surface area contributed by atoms with E-state index in [1.807, 2.05) is 32.0 Å². The van der Waals surface area contributed by atoms with Gasteiger partial charge in [0.15, 0.2) is 0 Å². The van der Waals surface area contributed by atoms with Crippen molar-refractivity contribution in [3.05, 3.63) is 29.3 Å². The van der Waals surface area contributed by atoms with Crippen molar-refractivity contribution in [3.63, 3.8) is 0 Å². The first kappa shape index (κ1) is 15.0. The highest BCUT2D eigenvalue weighted by molar-refractivity contribution is 7.91. The number of sulfone groups is 1.